The van der Waals surface area contributed by atoms with Gasteiger partial charge in [0.05, 0.1) is 34.9 Å². The number of likely N-dealkylation sites (tertiary alicyclic amines) is 1. The first-order chi connectivity index (χ1) is 33.6. The summed E-state index contributed by atoms with van der Waals surface area (Å²) in [4.78, 5) is 39.1. The van der Waals surface area contributed by atoms with Gasteiger partial charge in [-0.15, -0.1) is 6.42 Å². The molecule has 7 heterocycles. The van der Waals surface area contributed by atoms with E-state index in [4.69, 9.17) is 32.7 Å². The van der Waals surface area contributed by atoms with Gasteiger partial charge >= 0.3 is 6.01 Å². The van der Waals surface area contributed by atoms with E-state index in [0.29, 0.717) is 76.9 Å². The summed E-state index contributed by atoms with van der Waals surface area (Å²) in [6.45, 7) is 11.0. The summed E-state index contributed by atoms with van der Waals surface area (Å²) < 4.78 is 38.6. The number of piperidine rings is 1. The minimum Gasteiger partial charge on any atom is -0.508 e. The van der Waals surface area contributed by atoms with E-state index in [0.717, 1.165) is 110 Å². The fourth-order valence-electron chi connectivity index (χ4n) is 11.4. The number of aromatic nitrogens is 3. The monoisotopic (exact) mass is 956 g/mol. The summed E-state index contributed by atoms with van der Waals surface area (Å²) in [5.41, 5.74) is 1.60. The van der Waals surface area contributed by atoms with Crippen molar-refractivity contribution >= 4 is 50.7 Å². The largest absolute Gasteiger partial charge is 0.508 e. The lowest BCUT2D eigenvalue weighted by atomic mass is 9.91. The molecule has 3 N–H and O–H groups in total. The zero-order chi connectivity index (χ0) is 47.2. The Kier molecular flexibility index (Phi) is 12.8. The number of halogens is 3. The molecule has 69 heavy (non-hydrogen) atoms. The van der Waals surface area contributed by atoms with E-state index in [1.54, 1.807) is 6.20 Å². The zero-order valence-corrected chi connectivity index (χ0v) is 39.7. The standard InChI is InChI=1S/C53H59ClF2N10O3/c1-2-40-44(55)11-7-35-25-39(67)27-41(46(35)40)48-47(56)49-42(28-58-48)50(66-29-37-8-9-38(30-66)59-37)61-52(60-49)69-32-53(14-15-53)31-63-23-21-62(22-24-63)17-3-5-34-12-19-64(20-13-34)51(68)36-6-10-43(54)45(26-36)65-18-4-16-57-33-65/h1,4,6-7,10-11,18,25-28,34,37-38,57,59,67H,3,5,8-9,12-17,19-24,29-33H2. The number of hydrogen-bond acceptors (Lipinski definition) is 12. The molecule has 0 spiro atoms. The first-order valence-corrected chi connectivity index (χ1v) is 25.1. The van der Waals surface area contributed by atoms with E-state index in [-0.39, 0.29) is 45.4 Å². The number of hydrogen-bond donors (Lipinski definition) is 3. The van der Waals surface area contributed by atoms with Gasteiger partial charge in [0, 0.05) is 112 Å². The summed E-state index contributed by atoms with van der Waals surface area (Å²) in [5, 5.41) is 19.5. The molecule has 13 nitrogen and oxygen atoms in total. The Morgan fingerprint density at radius 1 is 0.971 bits per heavy atom. The second-order valence-electron chi connectivity index (χ2n) is 20.1. The number of rotatable bonds is 13. The number of ether oxygens (including phenoxy) is 1. The van der Waals surface area contributed by atoms with E-state index in [1.165, 1.54) is 30.7 Å². The SMILES string of the molecule is C#Cc1c(F)ccc2cc(O)cc(-c3ncc4c(N5CC6CCC(C5)N6)nc(OCC5(CN6CCN(CCCC7CCN(C(=O)c8ccc(Cl)c(N9C=CCNC9)c8)CC7)CC6)CC5)nc4c3F)c12. The summed E-state index contributed by atoms with van der Waals surface area (Å²) >= 11 is 6.53. The number of anilines is 2. The van der Waals surface area contributed by atoms with Crippen LogP contribution in [-0.2, 0) is 0 Å². The molecule has 2 atom stereocenters. The Labute approximate surface area is 406 Å². The number of nitrogens with one attached hydrogen (secondary N) is 2. The van der Waals surface area contributed by atoms with Gasteiger partial charge in [-0.2, -0.15) is 9.97 Å². The average Bonchev–Trinajstić information content (AvgIpc) is 4.06. The molecular weight excluding hydrogens is 898 g/mol. The number of amides is 1. The Bertz CT molecular complexity index is 2830. The second kappa shape index (κ2) is 19.3. The highest BCUT2D eigenvalue weighted by molar-refractivity contribution is 6.33. The number of phenols is 1. The zero-order valence-electron chi connectivity index (χ0n) is 38.9. The predicted molar refractivity (Wildman–Crippen MR) is 266 cm³/mol. The normalized spacial score (nSPS) is 21.9. The molecule has 5 fully saturated rings. The molecule has 3 aromatic carbocycles. The van der Waals surface area contributed by atoms with Crippen molar-refractivity contribution in [2.45, 2.75) is 63.5 Å². The summed E-state index contributed by atoms with van der Waals surface area (Å²) in [6.07, 6.45) is 20.0. The van der Waals surface area contributed by atoms with Gasteiger partial charge in [-0.05, 0) is 106 Å². The Morgan fingerprint density at radius 2 is 1.75 bits per heavy atom. The van der Waals surface area contributed by atoms with Crippen LogP contribution in [-0.4, -0.2) is 138 Å². The smallest absolute Gasteiger partial charge is 0.319 e. The number of carbonyl (C=O) groups excluding carboxylic acids is 1. The van der Waals surface area contributed by atoms with E-state index >= 15 is 8.78 Å². The highest BCUT2D eigenvalue weighted by Crippen LogP contribution is 2.47. The van der Waals surface area contributed by atoms with Crippen LogP contribution < -0.4 is 25.2 Å². The minimum atomic E-state index is -0.720. The molecule has 11 rings (SSSR count). The van der Waals surface area contributed by atoms with Gasteiger partial charge in [0.2, 0.25) is 0 Å². The number of carbonyl (C=O) groups is 1. The lowest BCUT2D eigenvalue weighted by Crippen LogP contribution is -2.51. The van der Waals surface area contributed by atoms with Crippen LogP contribution in [0.15, 0.2) is 60.9 Å². The van der Waals surface area contributed by atoms with Gasteiger partial charge in [0.25, 0.3) is 5.91 Å². The molecule has 360 valence electrons. The first-order valence-electron chi connectivity index (χ1n) is 24.7. The molecule has 5 aromatic rings. The van der Waals surface area contributed by atoms with Crippen molar-refractivity contribution in [1.82, 2.24) is 40.3 Å². The molecule has 1 saturated carbocycles. The van der Waals surface area contributed by atoms with Crippen molar-refractivity contribution in [3.63, 3.8) is 0 Å². The highest BCUT2D eigenvalue weighted by Gasteiger charge is 2.45. The number of terminal acetylenes is 1. The number of piperazine rings is 2. The van der Waals surface area contributed by atoms with Crippen LogP contribution in [0.4, 0.5) is 20.3 Å². The van der Waals surface area contributed by atoms with Gasteiger partial charge in [0.1, 0.15) is 28.6 Å². The lowest BCUT2D eigenvalue weighted by molar-refractivity contribution is 0.0679. The third-order valence-corrected chi connectivity index (χ3v) is 15.7. The average molecular weight is 958 g/mol. The van der Waals surface area contributed by atoms with Crippen LogP contribution in [0.3, 0.4) is 0 Å². The molecule has 5 aliphatic heterocycles. The molecule has 2 bridgehead atoms. The number of aromatic hydroxyl groups is 1. The van der Waals surface area contributed by atoms with Crippen molar-refractivity contribution in [2.24, 2.45) is 11.3 Å². The maximum atomic E-state index is 17.1. The summed E-state index contributed by atoms with van der Waals surface area (Å²) in [6, 6.07) is 11.9. The van der Waals surface area contributed by atoms with Crippen LogP contribution >= 0.6 is 11.6 Å². The Balaban J connectivity index is 0.702. The molecule has 0 radical (unpaired) electrons. The number of benzene rings is 3. The molecule has 1 amide bonds. The predicted octanol–water partition coefficient (Wildman–Crippen LogP) is 7.39. The van der Waals surface area contributed by atoms with Crippen molar-refractivity contribution in [2.75, 3.05) is 95.1 Å². The van der Waals surface area contributed by atoms with Crippen LogP contribution in [0.5, 0.6) is 11.8 Å². The first kappa shape index (κ1) is 45.8. The van der Waals surface area contributed by atoms with Crippen LogP contribution in [0, 0.1) is 35.3 Å². The van der Waals surface area contributed by atoms with E-state index in [9.17, 15) is 9.90 Å². The Morgan fingerprint density at radius 3 is 2.49 bits per heavy atom. The van der Waals surface area contributed by atoms with Gasteiger partial charge < -0.3 is 39.7 Å². The number of nitrogens with zero attached hydrogens (tertiary/aromatic N) is 8. The number of fused-ring (bicyclic) bond motifs is 4. The van der Waals surface area contributed by atoms with E-state index in [1.807, 2.05) is 40.3 Å². The maximum absolute atomic E-state index is 17.1. The number of pyridine rings is 1. The molecule has 16 heteroatoms. The van der Waals surface area contributed by atoms with E-state index < -0.39 is 11.6 Å². The molecular formula is C53H59ClF2N10O3. The maximum Gasteiger partial charge on any atom is 0.319 e. The topological polar surface area (TPSA) is 125 Å². The van der Waals surface area contributed by atoms with Gasteiger partial charge in [-0.3, -0.25) is 15.1 Å². The van der Waals surface area contributed by atoms with Gasteiger partial charge in [-0.1, -0.05) is 29.7 Å². The van der Waals surface area contributed by atoms with Crippen LogP contribution in [0.1, 0.15) is 67.3 Å². The minimum absolute atomic E-state index is 0.0266. The van der Waals surface area contributed by atoms with Crippen molar-refractivity contribution < 1.29 is 23.4 Å². The fraction of sp³-hybridized carbons (Fsp3) is 0.472. The highest BCUT2D eigenvalue weighted by atomic mass is 35.5. The molecule has 2 unspecified atom stereocenters. The number of phenolic OH excluding ortho intramolecular Hbond substituents is 1. The van der Waals surface area contributed by atoms with E-state index in [2.05, 4.69) is 36.2 Å². The molecule has 2 aromatic heterocycles. The quantitative estimate of drug-likeness (QED) is 0.102. The summed E-state index contributed by atoms with van der Waals surface area (Å²) in [5.74, 6) is 2.24. The van der Waals surface area contributed by atoms with Crippen LogP contribution in [0.25, 0.3) is 32.9 Å². The van der Waals surface area contributed by atoms with Crippen LogP contribution in [0.2, 0.25) is 5.02 Å². The van der Waals surface area contributed by atoms with Crippen molar-refractivity contribution in [3.8, 4) is 35.4 Å². The van der Waals surface area contributed by atoms with Gasteiger partial charge in [0.15, 0.2) is 5.82 Å². The lowest BCUT2D eigenvalue weighted by Gasteiger charge is -2.37. The second-order valence-corrected chi connectivity index (χ2v) is 20.5. The third-order valence-electron chi connectivity index (χ3n) is 15.4. The molecule has 6 aliphatic rings. The third kappa shape index (κ3) is 9.54. The molecule has 4 saturated heterocycles. The summed E-state index contributed by atoms with van der Waals surface area (Å²) in [7, 11) is 0. The molecule has 1 aliphatic carbocycles. The fourth-order valence-corrected chi connectivity index (χ4v) is 11.6. The van der Waals surface area contributed by atoms with Gasteiger partial charge in [-0.25, -0.2) is 8.78 Å². The van der Waals surface area contributed by atoms with Crippen molar-refractivity contribution in [1.29, 1.82) is 0 Å². The van der Waals surface area contributed by atoms with Crippen molar-refractivity contribution in [3.05, 3.63) is 88.7 Å². The Hall–Kier alpha value is -5.63.